The van der Waals surface area contributed by atoms with Crippen LogP contribution in [0.15, 0.2) is 54.7 Å². The van der Waals surface area contributed by atoms with Crippen LogP contribution in [0.25, 0.3) is 0 Å². The zero-order valence-corrected chi connectivity index (χ0v) is 14.0. The highest BCUT2D eigenvalue weighted by atomic mass is 35.5. The van der Waals surface area contributed by atoms with Crippen LogP contribution in [0.4, 0.5) is 21.7 Å². The lowest BCUT2D eigenvalue weighted by Crippen LogP contribution is -2.14. The molecule has 0 radical (unpaired) electrons. The fraction of sp³-hybridized carbons (Fsp3) is 0.0556. The Morgan fingerprint density at radius 3 is 2.52 bits per heavy atom. The first-order valence-corrected chi connectivity index (χ1v) is 7.82. The molecule has 0 fully saturated rings. The molecule has 2 aromatic carbocycles. The molecular weight excluding hydrogens is 343 g/mol. The standard InChI is InChI=1S/C18H14ClFN4O/c1-11-2-5-14(10-15(11)19)22-17(25)16-8-9-21-18(24-16)23-13-6-3-12(20)4-7-13/h2-10H,1H3,(H,22,25)(H,21,23,24). The summed E-state index contributed by atoms with van der Waals surface area (Å²) in [5, 5.41) is 6.22. The molecule has 1 heterocycles. The van der Waals surface area contributed by atoms with Crippen molar-refractivity contribution >= 4 is 34.8 Å². The highest BCUT2D eigenvalue weighted by molar-refractivity contribution is 6.31. The molecule has 2 N–H and O–H groups in total. The molecule has 1 amide bonds. The molecule has 0 saturated heterocycles. The summed E-state index contributed by atoms with van der Waals surface area (Å²) < 4.78 is 12.9. The minimum absolute atomic E-state index is 0.191. The second-order valence-corrected chi connectivity index (χ2v) is 5.72. The second kappa shape index (κ2) is 7.27. The van der Waals surface area contributed by atoms with Crippen LogP contribution in [0.3, 0.4) is 0 Å². The number of hydrogen-bond acceptors (Lipinski definition) is 4. The third kappa shape index (κ3) is 4.30. The highest BCUT2D eigenvalue weighted by Crippen LogP contribution is 2.20. The van der Waals surface area contributed by atoms with Gasteiger partial charge < -0.3 is 10.6 Å². The molecular formula is C18H14ClFN4O. The number of carbonyl (C=O) groups excluding carboxylic acids is 1. The first-order chi connectivity index (χ1) is 12.0. The van der Waals surface area contributed by atoms with Gasteiger partial charge in [0, 0.05) is 22.6 Å². The lowest BCUT2D eigenvalue weighted by molar-refractivity contribution is 0.102. The van der Waals surface area contributed by atoms with Crippen molar-refractivity contribution in [1.82, 2.24) is 9.97 Å². The summed E-state index contributed by atoms with van der Waals surface area (Å²) in [5.74, 6) is -0.484. The number of benzene rings is 2. The van der Waals surface area contributed by atoms with Crippen LogP contribution in [0.5, 0.6) is 0 Å². The Bertz CT molecular complexity index is 915. The minimum Gasteiger partial charge on any atom is -0.324 e. The molecule has 0 aliphatic carbocycles. The van der Waals surface area contributed by atoms with Crippen LogP contribution in [-0.2, 0) is 0 Å². The van der Waals surface area contributed by atoms with E-state index in [2.05, 4.69) is 20.6 Å². The third-order valence-corrected chi connectivity index (χ3v) is 3.83. The Morgan fingerprint density at radius 1 is 1.08 bits per heavy atom. The molecule has 1 aromatic heterocycles. The van der Waals surface area contributed by atoms with E-state index < -0.39 is 0 Å². The molecule has 7 heteroatoms. The van der Waals surface area contributed by atoms with E-state index in [-0.39, 0.29) is 23.4 Å². The number of aryl methyl sites for hydroxylation is 1. The zero-order chi connectivity index (χ0) is 17.8. The number of aromatic nitrogens is 2. The van der Waals surface area contributed by atoms with Crippen molar-refractivity contribution in [3.8, 4) is 0 Å². The molecule has 0 atom stereocenters. The molecule has 0 aliphatic heterocycles. The van der Waals surface area contributed by atoms with Crippen LogP contribution in [0.2, 0.25) is 5.02 Å². The van der Waals surface area contributed by atoms with Crippen molar-refractivity contribution in [2.24, 2.45) is 0 Å². The van der Waals surface area contributed by atoms with E-state index in [0.717, 1.165) is 5.56 Å². The van der Waals surface area contributed by atoms with E-state index in [1.807, 2.05) is 13.0 Å². The van der Waals surface area contributed by atoms with E-state index in [4.69, 9.17) is 11.6 Å². The number of carbonyl (C=O) groups is 1. The highest BCUT2D eigenvalue weighted by Gasteiger charge is 2.10. The second-order valence-electron chi connectivity index (χ2n) is 5.32. The molecule has 0 unspecified atom stereocenters. The Morgan fingerprint density at radius 2 is 1.80 bits per heavy atom. The molecule has 0 spiro atoms. The average Bonchev–Trinajstić information content (AvgIpc) is 2.60. The monoisotopic (exact) mass is 356 g/mol. The van der Waals surface area contributed by atoms with E-state index in [1.165, 1.54) is 24.4 Å². The van der Waals surface area contributed by atoms with Gasteiger partial charge in [-0.15, -0.1) is 0 Å². The van der Waals surface area contributed by atoms with Crippen molar-refractivity contribution in [2.45, 2.75) is 6.92 Å². The van der Waals surface area contributed by atoms with Gasteiger partial charge in [-0.2, -0.15) is 0 Å². The Hall–Kier alpha value is -2.99. The fourth-order valence-electron chi connectivity index (χ4n) is 2.07. The zero-order valence-electron chi connectivity index (χ0n) is 13.3. The maximum absolute atomic E-state index is 12.9. The van der Waals surface area contributed by atoms with E-state index in [1.54, 1.807) is 24.3 Å². The van der Waals surface area contributed by atoms with Gasteiger partial charge in [0.2, 0.25) is 5.95 Å². The number of amides is 1. The van der Waals surface area contributed by atoms with Crippen LogP contribution in [0.1, 0.15) is 16.1 Å². The summed E-state index contributed by atoms with van der Waals surface area (Å²) in [7, 11) is 0. The summed E-state index contributed by atoms with van der Waals surface area (Å²) in [5.41, 5.74) is 2.31. The van der Waals surface area contributed by atoms with Gasteiger partial charge in [0.05, 0.1) is 0 Å². The first-order valence-electron chi connectivity index (χ1n) is 7.44. The van der Waals surface area contributed by atoms with Crippen molar-refractivity contribution in [3.05, 3.63) is 76.8 Å². The molecule has 0 aliphatic rings. The van der Waals surface area contributed by atoms with Gasteiger partial charge in [0.25, 0.3) is 5.91 Å². The Kier molecular flexibility index (Phi) is 4.90. The van der Waals surface area contributed by atoms with Crippen LogP contribution in [-0.4, -0.2) is 15.9 Å². The van der Waals surface area contributed by atoms with Gasteiger partial charge >= 0.3 is 0 Å². The SMILES string of the molecule is Cc1ccc(NC(=O)c2ccnc(Nc3ccc(F)cc3)n2)cc1Cl. The van der Waals surface area contributed by atoms with Gasteiger partial charge in [-0.1, -0.05) is 17.7 Å². The van der Waals surface area contributed by atoms with Crippen molar-refractivity contribution in [1.29, 1.82) is 0 Å². The number of anilines is 3. The third-order valence-electron chi connectivity index (χ3n) is 3.42. The lowest BCUT2D eigenvalue weighted by atomic mass is 10.2. The lowest BCUT2D eigenvalue weighted by Gasteiger charge is -2.08. The number of halogens is 2. The summed E-state index contributed by atoms with van der Waals surface area (Å²) in [6.45, 7) is 1.88. The minimum atomic E-state index is -0.385. The van der Waals surface area contributed by atoms with Gasteiger partial charge in [-0.25, -0.2) is 14.4 Å². The topological polar surface area (TPSA) is 66.9 Å². The number of nitrogens with zero attached hydrogens (tertiary/aromatic N) is 2. The number of rotatable bonds is 4. The van der Waals surface area contributed by atoms with Gasteiger partial charge in [0.1, 0.15) is 11.5 Å². The molecule has 126 valence electrons. The predicted octanol–water partition coefficient (Wildman–Crippen LogP) is 4.57. The van der Waals surface area contributed by atoms with Gasteiger partial charge in [-0.3, -0.25) is 4.79 Å². The first kappa shape index (κ1) is 16.9. The molecule has 3 rings (SSSR count). The smallest absolute Gasteiger partial charge is 0.274 e. The summed E-state index contributed by atoms with van der Waals surface area (Å²) in [4.78, 5) is 20.6. The van der Waals surface area contributed by atoms with Gasteiger partial charge in [-0.05, 0) is 55.0 Å². The van der Waals surface area contributed by atoms with E-state index in [0.29, 0.717) is 16.4 Å². The Labute approximate surface area is 148 Å². The van der Waals surface area contributed by atoms with Gasteiger partial charge in [0.15, 0.2) is 0 Å². The van der Waals surface area contributed by atoms with Crippen molar-refractivity contribution in [3.63, 3.8) is 0 Å². The fourth-order valence-corrected chi connectivity index (χ4v) is 2.25. The van der Waals surface area contributed by atoms with Crippen molar-refractivity contribution < 1.29 is 9.18 Å². The molecule has 0 saturated carbocycles. The summed E-state index contributed by atoms with van der Waals surface area (Å²) in [6.07, 6.45) is 1.47. The summed E-state index contributed by atoms with van der Waals surface area (Å²) in [6, 6.07) is 12.5. The normalized spacial score (nSPS) is 10.4. The largest absolute Gasteiger partial charge is 0.324 e. The molecule has 5 nitrogen and oxygen atoms in total. The number of nitrogens with one attached hydrogen (secondary N) is 2. The summed E-state index contributed by atoms with van der Waals surface area (Å²) >= 11 is 6.06. The number of hydrogen-bond donors (Lipinski definition) is 2. The van der Waals surface area contributed by atoms with E-state index >= 15 is 0 Å². The van der Waals surface area contributed by atoms with Crippen LogP contribution in [0, 0.1) is 12.7 Å². The Balaban J connectivity index is 1.74. The van der Waals surface area contributed by atoms with E-state index in [9.17, 15) is 9.18 Å². The van der Waals surface area contributed by atoms with Crippen molar-refractivity contribution in [2.75, 3.05) is 10.6 Å². The van der Waals surface area contributed by atoms with Crippen LogP contribution < -0.4 is 10.6 Å². The predicted molar refractivity (Wildman–Crippen MR) is 95.9 cm³/mol. The maximum Gasteiger partial charge on any atom is 0.274 e. The van der Waals surface area contributed by atoms with Crippen LogP contribution >= 0.6 is 11.6 Å². The molecule has 25 heavy (non-hydrogen) atoms. The molecule has 3 aromatic rings. The maximum atomic E-state index is 12.9. The molecule has 0 bridgehead atoms. The average molecular weight is 357 g/mol. The quantitative estimate of drug-likeness (QED) is 0.718.